The van der Waals surface area contributed by atoms with Gasteiger partial charge < -0.3 is 14.8 Å². The molecule has 1 aliphatic rings. The fourth-order valence-corrected chi connectivity index (χ4v) is 4.50. The van der Waals surface area contributed by atoms with Crippen molar-refractivity contribution in [2.24, 2.45) is 5.92 Å². The molecule has 7 nitrogen and oxygen atoms in total. The summed E-state index contributed by atoms with van der Waals surface area (Å²) in [5.74, 6) is 0.242. The molecule has 0 saturated heterocycles. The summed E-state index contributed by atoms with van der Waals surface area (Å²) in [6, 6.07) is 4.36. The van der Waals surface area contributed by atoms with Gasteiger partial charge in [0.1, 0.15) is 17.5 Å². The van der Waals surface area contributed by atoms with Crippen molar-refractivity contribution < 1.29 is 18.0 Å². The Kier molecular flexibility index (Phi) is 7.34. The average Bonchev–Trinajstić information content (AvgIpc) is 2.79. The van der Waals surface area contributed by atoms with Crippen molar-refractivity contribution in [2.45, 2.75) is 57.8 Å². The summed E-state index contributed by atoms with van der Waals surface area (Å²) in [7, 11) is 3.62. The Morgan fingerprint density at radius 1 is 1.32 bits per heavy atom. The van der Waals surface area contributed by atoms with Gasteiger partial charge in [0.2, 0.25) is 0 Å². The summed E-state index contributed by atoms with van der Waals surface area (Å²) in [6.45, 7) is 3.66. The zero-order chi connectivity index (χ0) is 25.2. The van der Waals surface area contributed by atoms with Crippen LogP contribution in [0.15, 0.2) is 29.3 Å². The lowest BCUT2D eigenvalue weighted by Gasteiger charge is -2.35. The van der Waals surface area contributed by atoms with Crippen LogP contribution in [0.2, 0.25) is 0 Å². The second-order valence-corrected chi connectivity index (χ2v) is 8.94. The topological polar surface area (TPSA) is 91.0 Å². The maximum atomic E-state index is 13.3. The van der Waals surface area contributed by atoms with Crippen LogP contribution in [-0.4, -0.2) is 35.6 Å². The van der Waals surface area contributed by atoms with E-state index >= 15 is 0 Å². The first-order chi connectivity index (χ1) is 16.0. The molecule has 1 fully saturated rings. The quantitative estimate of drug-likeness (QED) is 0.708. The van der Waals surface area contributed by atoms with Crippen molar-refractivity contribution in [3.63, 3.8) is 0 Å². The van der Waals surface area contributed by atoms with E-state index in [1.165, 1.54) is 6.20 Å². The van der Waals surface area contributed by atoms with E-state index in [1.54, 1.807) is 18.0 Å². The van der Waals surface area contributed by atoms with Crippen LogP contribution in [0.1, 0.15) is 66.1 Å². The molecular weight excluding hydrogens is 447 g/mol. The Balaban J connectivity index is 1.83. The highest BCUT2D eigenvalue weighted by Gasteiger charge is 2.36. The van der Waals surface area contributed by atoms with Gasteiger partial charge in [0.15, 0.2) is 0 Å². The van der Waals surface area contributed by atoms with Crippen molar-refractivity contribution in [1.82, 2.24) is 14.9 Å². The van der Waals surface area contributed by atoms with Crippen LogP contribution >= 0.6 is 0 Å². The van der Waals surface area contributed by atoms with Crippen LogP contribution in [0.4, 0.5) is 19.0 Å². The molecular formula is C24H28F3N5O2. The molecule has 1 amide bonds. The largest absolute Gasteiger partial charge is 0.421 e. The number of pyridine rings is 2. The predicted molar refractivity (Wildman–Crippen MR) is 122 cm³/mol. The van der Waals surface area contributed by atoms with E-state index in [9.17, 15) is 28.0 Å². The van der Waals surface area contributed by atoms with Gasteiger partial charge in [-0.2, -0.15) is 18.4 Å². The molecule has 3 atom stereocenters. The van der Waals surface area contributed by atoms with E-state index in [0.29, 0.717) is 30.3 Å². The third-order valence-electron chi connectivity index (χ3n) is 6.39. The third-order valence-corrected chi connectivity index (χ3v) is 6.39. The molecule has 1 aliphatic carbocycles. The van der Waals surface area contributed by atoms with Crippen LogP contribution in [0.3, 0.4) is 0 Å². The molecule has 1 saturated carbocycles. The first-order valence-corrected chi connectivity index (χ1v) is 11.2. The summed E-state index contributed by atoms with van der Waals surface area (Å²) in [6.07, 6.45) is 0.111. The number of hydrogen-bond acceptors (Lipinski definition) is 5. The first-order valence-electron chi connectivity index (χ1n) is 11.2. The minimum absolute atomic E-state index is 0.0171. The maximum Gasteiger partial charge on any atom is 0.421 e. The number of nitriles is 1. The van der Waals surface area contributed by atoms with Crippen molar-refractivity contribution in [3.8, 4) is 6.07 Å². The Hall–Kier alpha value is -3.35. The zero-order valence-electron chi connectivity index (χ0n) is 19.6. The summed E-state index contributed by atoms with van der Waals surface area (Å²) >= 11 is 0. The zero-order valence-corrected chi connectivity index (χ0v) is 19.6. The predicted octanol–water partition coefficient (Wildman–Crippen LogP) is 3.92. The summed E-state index contributed by atoms with van der Waals surface area (Å²) < 4.78 is 40.8. The number of aryl methyl sites for hydroxylation is 1. The van der Waals surface area contributed by atoms with E-state index in [-0.39, 0.29) is 30.0 Å². The molecule has 1 N–H and O–H groups in total. The number of amides is 1. The number of halogens is 3. The van der Waals surface area contributed by atoms with E-state index in [4.69, 9.17) is 0 Å². The minimum atomic E-state index is -4.85. The summed E-state index contributed by atoms with van der Waals surface area (Å²) in [5.41, 5.74) is -1.36. The maximum absolute atomic E-state index is 13.3. The first kappa shape index (κ1) is 25.3. The molecule has 0 bridgehead atoms. The van der Waals surface area contributed by atoms with E-state index in [1.807, 2.05) is 20.2 Å². The van der Waals surface area contributed by atoms with Gasteiger partial charge in [-0.1, -0.05) is 6.92 Å². The molecule has 0 spiro atoms. The number of alkyl halides is 3. The third kappa shape index (κ3) is 5.24. The SMILES string of the molecule is CCn1cc(C(=O)NC2CCC(C)C(c3cnc(N(C)C)c(C#N)c3)C2)cc(C(F)(F)F)c1=O. The van der Waals surface area contributed by atoms with Crippen molar-refractivity contribution in [2.75, 3.05) is 19.0 Å². The minimum Gasteiger partial charge on any atom is -0.362 e. The Bertz CT molecular complexity index is 1170. The van der Waals surface area contributed by atoms with Crippen LogP contribution in [0, 0.1) is 17.2 Å². The lowest BCUT2D eigenvalue weighted by molar-refractivity contribution is -0.139. The normalized spacial score (nSPS) is 20.5. The van der Waals surface area contributed by atoms with Crippen LogP contribution in [0.5, 0.6) is 0 Å². The number of nitrogens with zero attached hydrogens (tertiary/aromatic N) is 4. The van der Waals surface area contributed by atoms with Gasteiger partial charge >= 0.3 is 6.18 Å². The smallest absolute Gasteiger partial charge is 0.362 e. The fraction of sp³-hybridized carbons (Fsp3) is 0.500. The van der Waals surface area contributed by atoms with E-state index in [0.717, 1.165) is 16.6 Å². The van der Waals surface area contributed by atoms with Gasteiger partial charge in [0, 0.05) is 39.1 Å². The molecule has 182 valence electrons. The van der Waals surface area contributed by atoms with Crippen molar-refractivity contribution in [1.29, 1.82) is 5.26 Å². The van der Waals surface area contributed by atoms with E-state index in [2.05, 4.69) is 23.3 Å². The number of anilines is 1. The second-order valence-electron chi connectivity index (χ2n) is 8.94. The van der Waals surface area contributed by atoms with E-state index < -0.39 is 23.2 Å². The number of nitrogens with one attached hydrogen (secondary N) is 1. The molecule has 0 aromatic carbocycles. The van der Waals surface area contributed by atoms with Gasteiger partial charge in [-0.05, 0) is 55.7 Å². The summed E-state index contributed by atoms with van der Waals surface area (Å²) in [4.78, 5) is 31.1. The fourth-order valence-electron chi connectivity index (χ4n) is 4.50. The molecule has 0 radical (unpaired) electrons. The highest BCUT2D eigenvalue weighted by molar-refractivity contribution is 5.94. The molecule has 0 aliphatic heterocycles. The second kappa shape index (κ2) is 9.87. The monoisotopic (exact) mass is 475 g/mol. The standard InChI is InChI=1S/C24H28F3N5O2/c1-5-32-13-17(9-20(23(32)34)24(25,26)27)22(33)30-18-7-6-14(2)19(10-18)16-8-15(11-28)21(29-12-16)31(3)4/h8-9,12-14,18-19H,5-7,10H2,1-4H3,(H,30,33). The van der Waals surface area contributed by atoms with Gasteiger partial charge in [-0.3, -0.25) is 9.59 Å². The molecule has 10 heteroatoms. The van der Waals surface area contributed by atoms with Gasteiger partial charge in [-0.15, -0.1) is 0 Å². The molecule has 2 heterocycles. The number of carbonyl (C=O) groups excluding carboxylic acids is 1. The molecule has 3 rings (SSSR count). The Morgan fingerprint density at radius 2 is 2.03 bits per heavy atom. The summed E-state index contributed by atoms with van der Waals surface area (Å²) in [5, 5.41) is 12.4. The molecule has 2 aromatic rings. The lowest BCUT2D eigenvalue weighted by atomic mass is 9.74. The number of rotatable bonds is 5. The lowest BCUT2D eigenvalue weighted by Crippen LogP contribution is -2.40. The number of aromatic nitrogens is 2. The van der Waals surface area contributed by atoms with Gasteiger partial charge in [0.25, 0.3) is 11.5 Å². The Morgan fingerprint density at radius 3 is 2.62 bits per heavy atom. The van der Waals surface area contributed by atoms with Crippen LogP contribution < -0.4 is 15.8 Å². The van der Waals surface area contributed by atoms with Crippen LogP contribution in [0.25, 0.3) is 0 Å². The molecule has 34 heavy (non-hydrogen) atoms. The van der Waals surface area contributed by atoms with Gasteiger partial charge in [0.05, 0.1) is 11.1 Å². The highest BCUT2D eigenvalue weighted by Crippen LogP contribution is 2.38. The highest BCUT2D eigenvalue weighted by atomic mass is 19.4. The van der Waals surface area contributed by atoms with Gasteiger partial charge in [-0.25, -0.2) is 4.98 Å². The van der Waals surface area contributed by atoms with Crippen molar-refractivity contribution >= 4 is 11.7 Å². The van der Waals surface area contributed by atoms with Crippen molar-refractivity contribution in [3.05, 3.63) is 57.1 Å². The Labute approximate surface area is 196 Å². The molecule has 3 unspecified atom stereocenters. The number of carbonyl (C=O) groups is 1. The molecule has 2 aromatic heterocycles. The average molecular weight is 476 g/mol. The van der Waals surface area contributed by atoms with Crippen LogP contribution in [-0.2, 0) is 12.7 Å². The number of hydrogen-bond donors (Lipinski definition) is 1.